The quantitative estimate of drug-likeness (QED) is 0.138. The van der Waals surface area contributed by atoms with Crippen LogP contribution in [-0.2, 0) is 27.2 Å². The van der Waals surface area contributed by atoms with Gasteiger partial charge in [0.05, 0.1) is 33.7 Å². The average molecular weight is 584 g/mol. The van der Waals surface area contributed by atoms with Gasteiger partial charge in [0.25, 0.3) is 5.91 Å². The fourth-order valence-corrected chi connectivity index (χ4v) is 4.75. The normalized spacial score (nSPS) is 12.0. The number of nitrogens with zero attached hydrogens (tertiary/aromatic N) is 1. The highest BCUT2D eigenvalue weighted by molar-refractivity contribution is 5.77. The van der Waals surface area contributed by atoms with Crippen LogP contribution < -0.4 is 21.1 Å². The van der Waals surface area contributed by atoms with Crippen LogP contribution in [0.1, 0.15) is 63.5 Å². The van der Waals surface area contributed by atoms with Gasteiger partial charge in [-0.1, -0.05) is 69.9 Å². The molecule has 0 aromatic heterocycles. The van der Waals surface area contributed by atoms with E-state index in [0.29, 0.717) is 43.7 Å². The molecule has 0 saturated heterocycles. The van der Waals surface area contributed by atoms with Crippen LogP contribution >= 0.6 is 0 Å². The van der Waals surface area contributed by atoms with Crippen molar-refractivity contribution in [1.82, 2.24) is 10.6 Å². The summed E-state index contributed by atoms with van der Waals surface area (Å²) in [6.45, 7) is 6.57. The van der Waals surface area contributed by atoms with E-state index >= 15 is 0 Å². The van der Waals surface area contributed by atoms with Gasteiger partial charge in [0, 0.05) is 6.42 Å². The molecule has 5 N–H and O–H groups in total. The van der Waals surface area contributed by atoms with Gasteiger partial charge in [0.2, 0.25) is 5.91 Å². The molecule has 0 bridgehead atoms. The van der Waals surface area contributed by atoms with Crippen LogP contribution in [0.4, 0.5) is 0 Å². The van der Waals surface area contributed by atoms with Crippen molar-refractivity contribution in [2.24, 2.45) is 5.73 Å². The molecule has 1 atom stereocenters. The van der Waals surface area contributed by atoms with Gasteiger partial charge in [-0.3, -0.25) is 14.4 Å². The molecule has 0 spiro atoms. The number of aryl methyl sites for hydroxylation is 1. The third-order valence-corrected chi connectivity index (χ3v) is 7.31. The molecule has 2 aromatic carbocycles. The molecule has 42 heavy (non-hydrogen) atoms. The molecule has 0 aliphatic carbocycles. The van der Waals surface area contributed by atoms with E-state index in [9.17, 15) is 14.4 Å². The first-order chi connectivity index (χ1) is 20.0. The van der Waals surface area contributed by atoms with Crippen LogP contribution in [0.15, 0.2) is 42.5 Å². The number of hydrogen-bond acceptors (Lipinski definition) is 5. The molecule has 0 saturated carbocycles. The van der Waals surface area contributed by atoms with Crippen LogP contribution in [0, 0.1) is 0 Å². The number of unbranched alkanes of at least 4 members (excludes halogenated alkanes) is 4. The fourth-order valence-electron chi connectivity index (χ4n) is 4.75. The Balaban J connectivity index is 1.74. The van der Waals surface area contributed by atoms with Crippen LogP contribution in [0.5, 0.6) is 5.75 Å². The number of carbonyl (C=O) groups is 3. The number of likely N-dealkylation sites (N-methyl/N-ethyl adjacent to an activating group) is 1. The van der Waals surface area contributed by atoms with Crippen molar-refractivity contribution >= 4 is 17.8 Å². The standard InChI is InChI=1S/C33H50N4O5/c1-5-7-8-9-10-11-31(38)35-18-20-37(3,4)24-32(39)36-19-21-42-28-16-17-29(26(6-2)23-28)27-14-12-25(13-15-27)22-30(34)33(40)41/h12-17,23,30H,5-11,18-22,24,34H2,1-4H3,(H2-,35,36,38,39,40,41)/p+1/t30-/m0/s1. The number of quaternary nitrogens is 1. The number of aliphatic carboxylic acids is 1. The van der Waals surface area contributed by atoms with E-state index in [-0.39, 0.29) is 18.2 Å². The number of hydrogen-bond donors (Lipinski definition) is 4. The summed E-state index contributed by atoms with van der Waals surface area (Å²) < 4.78 is 6.40. The molecule has 0 aliphatic rings. The van der Waals surface area contributed by atoms with Crippen molar-refractivity contribution in [3.8, 4) is 16.9 Å². The van der Waals surface area contributed by atoms with Crippen LogP contribution in [0.2, 0.25) is 0 Å². The van der Waals surface area contributed by atoms with Gasteiger partial charge >= 0.3 is 5.97 Å². The van der Waals surface area contributed by atoms with E-state index in [1.54, 1.807) is 0 Å². The zero-order valence-electron chi connectivity index (χ0n) is 25.9. The second-order valence-electron chi connectivity index (χ2n) is 11.5. The Kier molecular flexibility index (Phi) is 15.1. The molecule has 232 valence electrons. The summed E-state index contributed by atoms with van der Waals surface area (Å²) in [5, 5.41) is 14.9. The maximum atomic E-state index is 12.5. The first-order valence-electron chi connectivity index (χ1n) is 15.2. The number of carbonyl (C=O) groups excluding carboxylic acids is 2. The van der Waals surface area contributed by atoms with E-state index in [1.165, 1.54) is 19.3 Å². The topological polar surface area (TPSA) is 131 Å². The Morgan fingerprint density at radius 2 is 1.62 bits per heavy atom. The lowest BCUT2D eigenvalue weighted by atomic mass is 9.96. The molecule has 2 amide bonds. The molecular weight excluding hydrogens is 532 g/mol. The minimum atomic E-state index is -1.01. The van der Waals surface area contributed by atoms with Crippen molar-refractivity contribution in [2.75, 3.05) is 46.9 Å². The van der Waals surface area contributed by atoms with E-state index in [1.807, 2.05) is 56.6 Å². The van der Waals surface area contributed by atoms with Gasteiger partial charge in [-0.25, -0.2) is 0 Å². The number of carboxylic acids is 1. The predicted molar refractivity (Wildman–Crippen MR) is 167 cm³/mol. The number of benzene rings is 2. The zero-order chi connectivity index (χ0) is 31.0. The lowest BCUT2D eigenvalue weighted by Gasteiger charge is -2.29. The number of amides is 2. The van der Waals surface area contributed by atoms with E-state index in [0.717, 1.165) is 47.3 Å². The highest BCUT2D eigenvalue weighted by Gasteiger charge is 2.20. The Hall–Kier alpha value is -3.43. The van der Waals surface area contributed by atoms with Gasteiger partial charge in [-0.05, 0) is 53.6 Å². The second-order valence-corrected chi connectivity index (χ2v) is 11.5. The number of nitrogens with two attached hydrogens (primary N) is 1. The molecule has 0 unspecified atom stereocenters. The molecule has 0 radical (unpaired) electrons. The minimum absolute atomic E-state index is 0.0526. The SMILES string of the molecule is CCCCCCCC(=O)NCC[N+](C)(C)CC(=O)NCCOc1ccc(-c2ccc(C[C@H](N)C(=O)O)cc2)c(CC)c1. The Morgan fingerprint density at radius 1 is 0.929 bits per heavy atom. The fraction of sp³-hybridized carbons (Fsp3) is 0.545. The lowest BCUT2D eigenvalue weighted by molar-refractivity contribution is -0.881. The van der Waals surface area contributed by atoms with E-state index in [2.05, 4.69) is 24.5 Å². The van der Waals surface area contributed by atoms with Gasteiger partial charge in [0.1, 0.15) is 18.4 Å². The zero-order valence-corrected chi connectivity index (χ0v) is 25.9. The summed E-state index contributed by atoms with van der Waals surface area (Å²) in [7, 11) is 3.97. The average Bonchev–Trinajstić information content (AvgIpc) is 2.95. The molecule has 9 heteroatoms. The van der Waals surface area contributed by atoms with Crippen molar-refractivity contribution < 1.29 is 28.7 Å². The second kappa shape index (κ2) is 18.2. The highest BCUT2D eigenvalue weighted by atomic mass is 16.5. The van der Waals surface area contributed by atoms with Crippen molar-refractivity contribution in [2.45, 2.75) is 71.3 Å². The first kappa shape index (κ1) is 34.8. The monoisotopic (exact) mass is 583 g/mol. The largest absolute Gasteiger partial charge is 0.492 e. The van der Waals surface area contributed by atoms with Gasteiger partial charge in [0.15, 0.2) is 6.54 Å². The number of ether oxygens (including phenoxy) is 1. The van der Waals surface area contributed by atoms with Gasteiger partial charge in [-0.2, -0.15) is 0 Å². The summed E-state index contributed by atoms with van der Waals surface area (Å²) in [6.07, 6.45) is 7.31. The van der Waals surface area contributed by atoms with Crippen LogP contribution in [0.3, 0.4) is 0 Å². The smallest absolute Gasteiger partial charge is 0.320 e. The number of rotatable bonds is 20. The Labute approximate surface area is 251 Å². The van der Waals surface area contributed by atoms with Gasteiger partial charge in [-0.15, -0.1) is 0 Å². The van der Waals surface area contributed by atoms with Crippen molar-refractivity contribution in [3.63, 3.8) is 0 Å². The summed E-state index contributed by atoms with van der Waals surface area (Å²) in [5.41, 5.74) is 9.80. The van der Waals surface area contributed by atoms with Crippen LogP contribution in [0.25, 0.3) is 11.1 Å². The molecular formula is C33H51N4O5+. The van der Waals surface area contributed by atoms with E-state index < -0.39 is 12.0 Å². The summed E-state index contributed by atoms with van der Waals surface area (Å²) in [6, 6.07) is 12.8. The van der Waals surface area contributed by atoms with Crippen molar-refractivity contribution in [1.29, 1.82) is 0 Å². The van der Waals surface area contributed by atoms with Gasteiger partial charge < -0.3 is 30.7 Å². The predicted octanol–water partition coefficient (Wildman–Crippen LogP) is 3.92. The highest BCUT2D eigenvalue weighted by Crippen LogP contribution is 2.28. The molecule has 0 heterocycles. The molecule has 9 nitrogen and oxygen atoms in total. The molecule has 2 aromatic rings. The maximum absolute atomic E-state index is 12.5. The summed E-state index contributed by atoms with van der Waals surface area (Å²) in [4.78, 5) is 35.6. The molecule has 0 aliphatic heterocycles. The number of carboxylic acid groups (broad SMARTS) is 1. The summed E-state index contributed by atoms with van der Waals surface area (Å²) >= 11 is 0. The maximum Gasteiger partial charge on any atom is 0.320 e. The summed E-state index contributed by atoms with van der Waals surface area (Å²) in [5.74, 6) is -0.232. The molecule has 0 fully saturated rings. The third kappa shape index (κ3) is 13.0. The number of nitrogens with one attached hydrogen (secondary N) is 2. The Bertz CT molecular complexity index is 1130. The van der Waals surface area contributed by atoms with E-state index in [4.69, 9.17) is 15.6 Å². The van der Waals surface area contributed by atoms with Crippen molar-refractivity contribution in [3.05, 3.63) is 53.6 Å². The minimum Gasteiger partial charge on any atom is -0.492 e. The molecule has 2 rings (SSSR count). The lowest BCUT2D eigenvalue weighted by Crippen LogP contribution is -2.51. The Morgan fingerprint density at radius 3 is 2.29 bits per heavy atom. The van der Waals surface area contributed by atoms with Crippen LogP contribution in [-0.4, -0.2) is 80.3 Å². The third-order valence-electron chi connectivity index (χ3n) is 7.31. The first-order valence-corrected chi connectivity index (χ1v) is 15.2.